The second-order valence-electron chi connectivity index (χ2n) is 6.87. The standard InChI is InChI=1S/C21H23NO4S/c1-15(2)22(18-6-8-19(9-7-18)27(3,24)25)21(23)11-5-16-4-10-20-17(14-16)12-13-26-20/h4-11,14-15H,12-13H2,1-3H3/b11-5+. The molecule has 27 heavy (non-hydrogen) atoms. The molecule has 2 aromatic carbocycles. The molecule has 1 aliphatic heterocycles. The highest BCUT2D eigenvalue weighted by atomic mass is 32.2. The van der Waals surface area contributed by atoms with E-state index in [1.807, 2.05) is 32.0 Å². The van der Waals surface area contributed by atoms with Crippen LogP contribution >= 0.6 is 0 Å². The van der Waals surface area contributed by atoms with Gasteiger partial charge in [-0.05, 0) is 67.4 Å². The molecule has 0 saturated carbocycles. The molecule has 0 spiro atoms. The summed E-state index contributed by atoms with van der Waals surface area (Å²) in [5.41, 5.74) is 2.76. The Bertz CT molecular complexity index is 976. The van der Waals surface area contributed by atoms with E-state index in [0.717, 1.165) is 29.6 Å². The van der Waals surface area contributed by atoms with Crippen molar-refractivity contribution in [2.24, 2.45) is 0 Å². The molecule has 1 amide bonds. The van der Waals surface area contributed by atoms with Crippen LogP contribution in [0.15, 0.2) is 53.4 Å². The highest BCUT2D eigenvalue weighted by molar-refractivity contribution is 7.90. The Morgan fingerprint density at radius 1 is 1.15 bits per heavy atom. The highest BCUT2D eigenvalue weighted by Gasteiger charge is 2.18. The van der Waals surface area contributed by atoms with E-state index < -0.39 is 9.84 Å². The third-order valence-corrected chi connectivity index (χ3v) is 5.56. The molecule has 0 aliphatic carbocycles. The molecular formula is C21H23NO4S. The van der Waals surface area contributed by atoms with Crippen LogP contribution in [-0.4, -0.2) is 33.2 Å². The first-order chi connectivity index (χ1) is 12.8. The maximum Gasteiger partial charge on any atom is 0.251 e. The average molecular weight is 385 g/mol. The molecule has 3 rings (SSSR count). The minimum Gasteiger partial charge on any atom is -0.493 e. The number of anilines is 1. The molecule has 0 atom stereocenters. The van der Waals surface area contributed by atoms with Crippen molar-refractivity contribution < 1.29 is 17.9 Å². The van der Waals surface area contributed by atoms with Gasteiger partial charge in [-0.25, -0.2) is 8.42 Å². The van der Waals surface area contributed by atoms with E-state index in [0.29, 0.717) is 12.3 Å². The smallest absolute Gasteiger partial charge is 0.251 e. The van der Waals surface area contributed by atoms with Crippen LogP contribution in [0.1, 0.15) is 25.0 Å². The van der Waals surface area contributed by atoms with Crippen molar-refractivity contribution in [1.29, 1.82) is 0 Å². The fraction of sp³-hybridized carbons (Fsp3) is 0.286. The summed E-state index contributed by atoms with van der Waals surface area (Å²) in [6.45, 7) is 4.54. The Morgan fingerprint density at radius 2 is 1.85 bits per heavy atom. The summed E-state index contributed by atoms with van der Waals surface area (Å²) in [7, 11) is -3.26. The molecule has 5 nitrogen and oxygen atoms in total. The Hall–Kier alpha value is -2.60. The normalized spacial score (nSPS) is 13.6. The number of hydrogen-bond donors (Lipinski definition) is 0. The van der Waals surface area contributed by atoms with E-state index in [2.05, 4.69) is 0 Å². The van der Waals surface area contributed by atoms with E-state index in [-0.39, 0.29) is 16.8 Å². The minimum absolute atomic E-state index is 0.0698. The van der Waals surface area contributed by atoms with Gasteiger partial charge in [-0.2, -0.15) is 0 Å². The van der Waals surface area contributed by atoms with Crippen molar-refractivity contribution >= 4 is 27.5 Å². The van der Waals surface area contributed by atoms with Crippen LogP contribution in [0.25, 0.3) is 6.08 Å². The molecule has 6 heteroatoms. The molecule has 0 bridgehead atoms. The van der Waals surface area contributed by atoms with Gasteiger partial charge >= 0.3 is 0 Å². The number of sulfone groups is 1. The first kappa shape index (κ1) is 19.2. The largest absolute Gasteiger partial charge is 0.493 e. The minimum atomic E-state index is -3.26. The predicted molar refractivity (Wildman–Crippen MR) is 107 cm³/mol. The zero-order valence-corrected chi connectivity index (χ0v) is 16.5. The average Bonchev–Trinajstić information content (AvgIpc) is 3.07. The van der Waals surface area contributed by atoms with Gasteiger partial charge in [-0.3, -0.25) is 4.79 Å². The number of carbonyl (C=O) groups excluding carboxylic acids is 1. The van der Waals surface area contributed by atoms with Gasteiger partial charge in [0.15, 0.2) is 9.84 Å². The lowest BCUT2D eigenvalue weighted by Gasteiger charge is -2.25. The van der Waals surface area contributed by atoms with Crippen molar-refractivity contribution in [3.8, 4) is 5.75 Å². The molecule has 0 fully saturated rings. The van der Waals surface area contributed by atoms with Crippen LogP contribution in [0, 0.1) is 0 Å². The third kappa shape index (κ3) is 4.39. The van der Waals surface area contributed by atoms with Gasteiger partial charge in [-0.15, -0.1) is 0 Å². The maximum atomic E-state index is 12.8. The molecule has 142 valence electrons. The molecule has 0 unspecified atom stereocenters. The molecule has 2 aromatic rings. The van der Waals surface area contributed by atoms with Crippen LogP contribution < -0.4 is 9.64 Å². The number of fused-ring (bicyclic) bond motifs is 1. The molecule has 0 saturated heterocycles. The maximum absolute atomic E-state index is 12.8. The van der Waals surface area contributed by atoms with Crippen LogP contribution in [0.3, 0.4) is 0 Å². The number of nitrogens with zero attached hydrogens (tertiary/aromatic N) is 1. The van der Waals surface area contributed by atoms with Crippen LogP contribution in [0.2, 0.25) is 0 Å². The Balaban J connectivity index is 1.81. The molecular weight excluding hydrogens is 362 g/mol. The summed E-state index contributed by atoms with van der Waals surface area (Å²) >= 11 is 0. The quantitative estimate of drug-likeness (QED) is 0.739. The number of hydrogen-bond acceptors (Lipinski definition) is 4. The van der Waals surface area contributed by atoms with Gasteiger partial charge in [0, 0.05) is 30.5 Å². The molecule has 1 heterocycles. The van der Waals surface area contributed by atoms with Crippen molar-refractivity contribution in [2.75, 3.05) is 17.8 Å². The number of rotatable bonds is 5. The van der Waals surface area contributed by atoms with Gasteiger partial charge in [-0.1, -0.05) is 6.07 Å². The second kappa shape index (κ2) is 7.56. The zero-order chi connectivity index (χ0) is 19.6. The molecule has 0 N–H and O–H groups in total. The first-order valence-corrected chi connectivity index (χ1v) is 10.7. The van der Waals surface area contributed by atoms with E-state index in [1.165, 1.54) is 12.1 Å². The first-order valence-electron chi connectivity index (χ1n) is 8.83. The van der Waals surface area contributed by atoms with Crippen molar-refractivity contribution in [3.63, 3.8) is 0 Å². The highest BCUT2D eigenvalue weighted by Crippen LogP contribution is 2.26. The van der Waals surface area contributed by atoms with Crippen LogP contribution in [0.5, 0.6) is 5.75 Å². The summed E-state index contributed by atoms with van der Waals surface area (Å²) in [6.07, 6.45) is 5.39. The van der Waals surface area contributed by atoms with Gasteiger partial charge in [0.2, 0.25) is 0 Å². The Labute approximate surface area is 160 Å². The van der Waals surface area contributed by atoms with E-state index >= 15 is 0 Å². The van der Waals surface area contributed by atoms with Gasteiger partial charge in [0.25, 0.3) is 5.91 Å². The van der Waals surface area contributed by atoms with Gasteiger partial charge in [0.05, 0.1) is 11.5 Å². The molecule has 0 aromatic heterocycles. The van der Waals surface area contributed by atoms with E-state index in [9.17, 15) is 13.2 Å². The molecule has 1 aliphatic rings. The second-order valence-corrected chi connectivity index (χ2v) is 8.88. The zero-order valence-electron chi connectivity index (χ0n) is 15.7. The SMILES string of the molecule is CC(C)N(C(=O)/C=C/c1ccc2c(c1)CCO2)c1ccc(S(C)(=O)=O)cc1. The third-order valence-electron chi connectivity index (χ3n) is 4.43. The van der Waals surface area contributed by atoms with E-state index in [1.54, 1.807) is 29.2 Å². The number of benzene rings is 2. The summed E-state index contributed by atoms with van der Waals surface area (Å²) in [5.74, 6) is 0.752. The lowest BCUT2D eigenvalue weighted by Crippen LogP contribution is -2.35. The molecule has 0 radical (unpaired) electrons. The fourth-order valence-electron chi connectivity index (χ4n) is 3.09. The summed E-state index contributed by atoms with van der Waals surface area (Å²) in [5, 5.41) is 0. The number of amides is 1. The van der Waals surface area contributed by atoms with Gasteiger partial charge in [0.1, 0.15) is 5.75 Å². The summed E-state index contributed by atoms with van der Waals surface area (Å²) < 4.78 is 28.7. The van der Waals surface area contributed by atoms with Crippen molar-refractivity contribution in [2.45, 2.75) is 31.2 Å². The fourth-order valence-corrected chi connectivity index (χ4v) is 3.72. The summed E-state index contributed by atoms with van der Waals surface area (Å²) in [4.78, 5) is 14.6. The monoisotopic (exact) mass is 385 g/mol. The Kier molecular flexibility index (Phi) is 5.37. The van der Waals surface area contributed by atoms with Crippen LogP contribution in [-0.2, 0) is 21.1 Å². The topological polar surface area (TPSA) is 63.7 Å². The predicted octanol–water partition coefficient (Wildman–Crippen LogP) is 3.48. The lowest BCUT2D eigenvalue weighted by atomic mass is 10.1. The summed E-state index contributed by atoms with van der Waals surface area (Å²) in [6, 6.07) is 12.2. The number of carbonyl (C=O) groups is 1. The van der Waals surface area contributed by atoms with Gasteiger partial charge < -0.3 is 9.64 Å². The van der Waals surface area contributed by atoms with Crippen molar-refractivity contribution in [1.82, 2.24) is 0 Å². The lowest BCUT2D eigenvalue weighted by molar-refractivity contribution is -0.114. The van der Waals surface area contributed by atoms with E-state index in [4.69, 9.17) is 4.74 Å². The van der Waals surface area contributed by atoms with Crippen molar-refractivity contribution in [3.05, 3.63) is 59.7 Å². The van der Waals surface area contributed by atoms with Crippen LogP contribution in [0.4, 0.5) is 5.69 Å². The number of ether oxygens (including phenoxy) is 1. The Morgan fingerprint density at radius 3 is 2.48 bits per heavy atom.